The van der Waals surface area contributed by atoms with Gasteiger partial charge >= 0.3 is 0 Å². The lowest BCUT2D eigenvalue weighted by molar-refractivity contribution is -0.127. The van der Waals surface area contributed by atoms with E-state index in [4.69, 9.17) is 14.2 Å². The van der Waals surface area contributed by atoms with E-state index in [1.165, 1.54) is 13.1 Å². The van der Waals surface area contributed by atoms with Gasteiger partial charge < -0.3 is 29.5 Å². The van der Waals surface area contributed by atoms with Gasteiger partial charge in [-0.2, -0.15) is 0 Å². The van der Waals surface area contributed by atoms with Crippen molar-refractivity contribution in [2.75, 3.05) is 44.9 Å². The van der Waals surface area contributed by atoms with Crippen molar-refractivity contribution in [1.82, 2.24) is 5.32 Å². The number of carbonyl (C=O) groups excluding carboxylic acids is 2. The van der Waals surface area contributed by atoms with E-state index in [2.05, 4.69) is 5.32 Å². The molecule has 0 aliphatic carbocycles. The van der Waals surface area contributed by atoms with Gasteiger partial charge in [-0.1, -0.05) is 6.07 Å². The third kappa shape index (κ3) is 4.40. The zero-order valence-electron chi connectivity index (χ0n) is 20.4. The van der Waals surface area contributed by atoms with Gasteiger partial charge in [0.2, 0.25) is 5.91 Å². The van der Waals surface area contributed by atoms with E-state index < -0.39 is 22.6 Å². The number of phenolic OH excluding ortho intramolecular Hbond substituents is 1. The van der Waals surface area contributed by atoms with Gasteiger partial charge in [0.25, 0.3) is 0 Å². The lowest BCUT2D eigenvalue weighted by Crippen LogP contribution is -2.60. The van der Waals surface area contributed by atoms with Crippen LogP contribution in [0.5, 0.6) is 17.2 Å². The molecular formula is C26H31FN2O6. The molecule has 35 heavy (non-hydrogen) atoms. The Kier molecular flexibility index (Phi) is 6.64. The fraction of sp³-hybridized carbons (Fsp3) is 0.462. The van der Waals surface area contributed by atoms with Gasteiger partial charge in [0.1, 0.15) is 35.2 Å². The number of halogens is 1. The van der Waals surface area contributed by atoms with Gasteiger partial charge in [-0.25, -0.2) is 4.39 Å². The normalized spacial score (nSPS) is 23.9. The lowest BCUT2D eigenvalue weighted by atomic mass is 9.65. The number of morpholine rings is 1. The number of carbonyl (C=O) groups is 2. The number of hydrogen-bond donors (Lipinski definition) is 2. The molecule has 1 saturated heterocycles. The molecule has 0 saturated carbocycles. The molecule has 4 rings (SSSR count). The van der Waals surface area contributed by atoms with Crippen LogP contribution < -0.4 is 19.7 Å². The molecule has 2 unspecified atom stereocenters. The van der Waals surface area contributed by atoms with E-state index in [9.17, 15) is 19.1 Å². The van der Waals surface area contributed by atoms with Gasteiger partial charge in [0, 0.05) is 49.9 Å². The summed E-state index contributed by atoms with van der Waals surface area (Å²) in [6.45, 7) is 7.19. The smallest absolute Gasteiger partial charge is 0.220 e. The quantitative estimate of drug-likeness (QED) is 0.647. The molecule has 2 heterocycles. The van der Waals surface area contributed by atoms with Crippen molar-refractivity contribution in [3.63, 3.8) is 0 Å². The van der Waals surface area contributed by atoms with Crippen LogP contribution in [0.1, 0.15) is 36.2 Å². The van der Waals surface area contributed by atoms with Crippen LogP contribution >= 0.6 is 0 Å². The number of rotatable bonds is 6. The lowest BCUT2D eigenvalue weighted by Gasteiger charge is -2.48. The molecule has 0 spiro atoms. The van der Waals surface area contributed by atoms with Gasteiger partial charge in [-0.05, 0) is 32.9 Å². The highest BCUT2D eigenvalue weighted by molar-refractivity contribution is 6.08. The number of benzene rings is 2. The molecular weight excluding hydrogens is 455 g/mol. The Hall–Kier alpha value is -3.33. The highest BCUT2D eigenvalue weighted by Crippen LogP contribution is 2.51. The zero-order chi connectivity index (χ0) is 25.4. The van der Waals surface area contributed by atoms with Crippen LogP contribution in [0.25, 0.3) is 0 Å². The maximum Gasteiger partial charge on any atom is 0.220 e. The van der Waals surface area contributed by atoms with E-state index in [-0.39, 0.29) is 36.0 Å². The van der Waals surface area contributed by atoms with Crippen LogP contribution in [0.4, 0.5) is 10.1 Å². The summed E-state index contributed by atoms with van der Waals surface area (Å²) in [6.07, 6.45) is -0.186. The minimum absolute atomic E-state index is 0.0350. The summed E-state index contributed by atoms with van der Waals surface area (Å²) in [5, 5.41) is 13.4. The second kappa shape index (κ2) is 9.37. The molecule has 2 aliphatic heterocycles. The van der Waals surface area contributed by atoms with Gasteiger partial charge in [-0.3, -0.25) is 9.59 Å². The first-order valence-electron chi connectivity index (χ1n) is 11.6. The van der Waals surface area contributed by atoms with Crippen LogP contribution in [0.2, 0.25) is 0 Å². The molecule has 0 bridgehead atoms. The summed E-state index contributed by atoms with van der Waals surface area (Å²) in [6, 6.07) is 7.79. The molecule has 188 valence electrons. The molecule has 2 aliphatic rings. The Bertz CT molecular complexity index is 1150. The molecule has 9 heteroatoms. The highest BCUT2D eigenvalue weighted by atomic mass is 19.1. The number of nitrogens with zero attached hydrogens (tertiary/aromatic N) is 1. The average Bonchev–Trinajstić information content (AvgIpc) is 2.84. The molecule has 1 fully saturated rings. The molecule has 2 aromatic rings. The van der Waals surface area contributed by atoms with Crippen molar-refractivity contribution in [1.29, 1.82) is 0 Å². The summed E-state index contributed by atoms with van der Waals surface area (Å²) in [5.74, 6) is -0.859. The maximum absolute atomic E-state index is 14.1. The topological polar surface area (TPSA) is 97.3 Å². The number of aromatic hydroxyl groups is 1. The van der Waals surface area contributed by atoms with Crippen molar-refractivity contribution in [2.24, 2.45) is 5.41 Å². The van der Waals surface area contributed by atoms with Gasteiger partial charge in [0.05, 0.1) is 18.6 Å². The Labute approximate surface area is 204 Å². The summed E-state index contributed by atoms with van der Waals surface area (Å²) < 4.78 is 31.9. The van der Waals surface area contributed by atoms with Gasteiger partial charge in [0.15, 0.2) is 11.4 Å². The fourth-order valence-corrected chi connectivity index (χ4v) is 4.60. The third-order valence-electron chi connectivity index (χ3n) is 7.19. The Morgan fingerprint density at radius 2 is 1.97 bits per heavy atom. The second-order valence-electron chi connectivity index (χ2n) is 9.43. The maximum atomic E-state index is 14.1. The second-order valence-corrected chi connectivity index (χ2v) is 9.43. The van der Waals surface area contributed by atoms with Crippen molar-refractivity contribution < 1.29 is 33.3 Å². The van der Waals surface area contributed by atoms with E-state index >= 15 is 0 Å². The molecule has 2 aromatic carbocycles. The zero-order valence-corrected chi connectivity index (χ0v) is 20.4. The summed E-state index contributed by atoms with van der Waals surface area (Å²) in [4.78, 5) is 28.4. The van der Waals surface area contributed by atoms with Crippen molar-refractivity contribution in [2.45, 2.75) is 32.8 Å². The highest BCUT2D eigenvalue weighted by Gasteiger charge is 2.58. The predicted molar refractivity (Wildman–Crippen MR) is 128 cm³/mol. The fourth-order valence-electron chi connectivity index (χ4n) is 4.60. The third-order valence-corrected chi connectivity index (χ3v) is 7.19. The number of nitrogens with one attached hydrogen (secondary N) is 1. The van der Waals surface area contributed by atoms with Crippen molar-refractivity contribution in [3.05, 3.63) is 47.3 Å². The number of fused-ring (bicyclic) bond motifs is 1. The Morgan fingerprint density at radius 1 is 1.26 bits per heavy atom. The number of ketones is 1. The summed E-state index contributed by atoms with van der Waals surface area (Å²) in [5.41, 5.74) is -1.61. The van der Waals surface area contributed by atoms with Crippen LogP contribution in [-0.4, -0.2) is 62.4 Å². The molecule has 0 radical (unpaired) electrons. The first kappa shape index (κ1) is 24.8. The van der Waals surface area contributed by atoms with Crippen molar-refractivity contribution >= 4 is 17.4 Å². The Balaban J connectivity index is 1.75. The largest absolute Gasteiger partial charge is 0.507 e. The molecule has 8 nitrogen and oxygen atoms in total. The Morgan fingerprint density at radius 3 is 2.66 bits per heavy atom. The van der Waals surface area contributed by atoms with E-state index in [1.54, 1.807) is 45.0 Å². The SMILES string of the molecule is CNC(=O)CC1(C)C(=O)c2c(O)cc(N3CCOCC3)cc2OC1(C)COc1cccc(F)c1C. The van der Waals surface area contributed by atoms with Crippen LogP contribution in [-0.2, 0) is 9.53 Å². The summed E-state index contributed by atoms with van der Waals surface area (Å²) >= 11 is 0. The first-order valence-corrected chi connectivity index (χ1v) is 11.6. The van der Waals surface area contributed by atoms with Crippen LogP contribution in [0, 0.1) is 18.2 Å². The van der Waals surface area contributed by atoms with Crippen LogP contribution in [0.15, 0.2) is 30.3 Å². The molecule has 1 amide bonds. The monoisotopic (exact) mass is 486 g/mol. The number of phenols is 1. The average molecular weight is 487 g/mol. The molecule has 2 atom stereocenters. The minimum Gasteiger partial charge on any atom is -0.507 e. The standard InChI is InChI=1S/C26H31FN2O6/c1-16-18(27)6-5-7-20(16)34-15-26(3)25(2,14-22(31)28-4)24(32)23-19(30)12-17(13-21(23)35-26)29-8-10-33-11-9-29/h5-7,12-13,30H,8-11,14-15H2,1-4H3,(H,28,31). The van der Waals surface area contributed by atoms with E-state index in [0.717, 1.165) is 0 Å². The minimum atomic E-state index is -1.38. The predicted octanol–water partition coefficient (Wildman–Crippen LogP) is 3.23. The van der Waals surface area contributed by atoms with E-state index in [1.807, 2.05) is 4.90 Å². The molecule has 0 aromatic heterocycles. The van der Waals surface area contributed by atoms with Crippen LogP contribution in [0.3, 0.4) is 0 Å². The number of anilines is 1. The number of amides is 1. The van der Waals surface area contributed by atoms with Crippen molar-refractivity contribution in [3.8, 4) is 17.2 Å². The first-order chi connectivity index (χ1) is 16.6. The van der Waals surface area contributed by atoms with E-state index in [0.29, 0.717) is 43.3 Å². The number of hydrogen-bond acceptors (Lipinski definition) is 7. The summed E-state index contributed by atoms with van der Waals surface area (Å²) in [7, 11) is 1.49. The van der Waals surface area contributed by atoms with Gasteiger partial charge in [-0.15, -0.1) is 0 Å². The number of ether oxygens (including phenoxy) is 3. The number of Topliss-reactive ketones (excluding diaryl/α,β-unsaturated/α-hetero) is 1. The molecule has 2 N–H and O–H groups in total.